The lowest BCUT2D eigenvalue weighted by Gasteiger charge is -2.07. The Morgan fingerprint density at radius 3 is 2.58 bits per heavy atom. The van der Waals surface area contributed by atoms with Crippen molar-refractivity contribution in [3.05, 3.63) is 71.5 Å². The Bertz CT molecular complexity index is 849. The number of nitrogens with zero attached hydrogens (tertiary/aromatic N) is 4. The first-order chi connectivity index (χ1) is 11.8. The van der Waals surface area contributed by atoms with Gasteiger partial charge >= 0.3 is 0 Å². The number of para-hydroxylation sites is 1. The fourth-order valence-corrected chi connectivity index (χ4v) is 2.33. The highest BCUT2D eigenvalue weighted by Gasteiger charge is 2.08. The van der Waals surface area contributed by atoms with E-state index < -0.39 is 0 Å². The predicted molar refractivity (Wildman–Crippen MR) is 97.2 cm³/mol. The molecule has 2 aromatic carbocycles. The summed E-state index contributed by atoms with van der Waals surface area (Å²) in [7, 11) is 0. The summed E-state index contributed by atoms with van der Waals surface area (Å²) >= 11 is 6.13. The second kappa shape index (κ2) is 7.66. The highest BCUT2D eigenvalue weighted by molar-refractivity contribution is 6.33. The average molecular weight is 338 g/mol. The molecule has 0 fully saturated rings. The van der Waals surface area contributed by atoms with Gasteiger partial charge in [0.15, 0.2) is 5.82 Å². The van der Waals surface area contributed by atoms with Gasteiger partial charge in [-0.2, -0.15) is 10.2 Å². The maximum atomic E-state index is 6.13. The number of hydrogen-bond acceptors (Lipinski definition) is 5. The molecular formula is C18H16ClN5. The van der Waals surface area contributed by atoms with E-state index in [1.165, 1.54) is 0 Å². The lowest BCUT2D eigenvalue weighted by atomic mass is 10.2. The molecule has 0 spiro atoms. The zero-order chi connectivity index (χ0) is 16.8. The molecule has 0 saturated heterocycles. The fraction of sp³-hybridized carbons (Fsp3) is 0.111. The molecule has 0 radical (unpaired) electrons. The molecule has 1 aromatic heterocycles. The second-order valence-electron chi connectivity index (χ2n) is 5.03. The van der Waals surface area contributed by atoms with Crippen molar-refractivity contribution >= 4 is 23.0 Å². The highest BCUT2D eigenvalue weighted by Crippen LogP contribution is 2.20. The molecule has 3 rings (SSSR count). The maximum Gasteiger partial charge on any atom is 0.182 e. The van der Waals surface area contributed by atoms with E-state index >= 15 is 0 Å². The SMILES string of the molecule is CC/C(=N\Nc1ccccc1Cl)c1cnnc(-c2ccccc2)n1. The maximum absolute atomic E-state index is 6.13. The Morgan fingerprint density at radius 1 is 1.08 bits per heavy atom. The Kier molecular flexibility index (Phi) is 5.13. The van der Waals surface area contributed by atoms with Gasteiger partial charge in [0.25, 0.3) is 0 Å². The van der Waals surface area contributed by atoms with E-state index in [0.29, 0.717) is 23.0 Å². The van der Waals surface area contributed by atoms with Crippen LogP contribution in [0, 0.1) is 0 Å². The Balaban J connectivity index is 1.88. The number of anilines is 1. The molecule has 0 aliphatic heterocycles. The summed E-state index contributed by atoms with van der Waals surface area (Å²) in [4.78, 5) is 4.57. The van der Waals surface area contributed by atoms with Crippen molar-refractivity contribution in [1.82, 2.24) is 15.2 Å². The molecule has 0 unspecified atom stereocenters. The van der Waals surface area contributed by atoms with Crippen LogP contribution in [0.2, 0.25) is 5.02 Å². The van der Waals surface area contributed by atoms with Crippen molar-refractivity contribution < 1.29 is 0 Å². The molecule has 0 bridgehead atoms. The standard InChI is InChI=1S/C18H16ClN5/c1-2-15(22-23-16-11-7-6-10-14(16)19)17-12-20-24-18(21-17)13-8-4-3-5-9-13/h3-12,23H,2H2,1H3/b22-15+. The summed E-state index contributed by atoms with van der Waals surface area (Å²) in [5, 5.41) is 13.2. The van der Waals surface area contributed by atoms with E-state index in [9.17, 15) is 0 Å². The highest BCUT2D eigenvalue weighted by atomic mass is 35.5. The van der Waals surface area contributed by atoms with Crippen LogP contribution < -0.4 is 5.43 Å². The van der Waals surface area contributed by atoms with E-state index in [2.05, 4.69) is 25.7 Å². The van der Waals surface area contributed by atoms with Crippen LogP contribution in [-0.2, 0) is 0 Å². The van der Waals surface area contributed by atoms with Gasteiger partial charge in [0.05, 0.1) is 22.6 Å². The number of aromatic nitrogens is 3. The minimum atomic E-state index is 0.576. The monoisotopic (exact) mass is 337 g/mol. The molecule has 3 aromatic rings. The van der Waals surface area contributed by atoms with Crippen molar-refractivity contribution in [2.75, 3.05) is 5.43 Å². The van der Waals surface area contributed by atoms with Gasteiger partial charge in [-0.15, -0.1) is 5.10 Å². The van der Waals surface area contributed by atoms with Crippen molar-refractivity contribution in [1.29, 1.82) is 0 Å². The third-order valence-electron chi connectivity index (χ3n) is 3.41. The molecule has 0 saturated carbocycles. The van der Waals surface area contributed by atoms with E-state index in [1.807, 2.05) is 61.5 Å². The number of hydrazone groups is 1. The zero-order valence-electron chi connectivity index (χ0n) is 13.1. The summed E-state index contributed by atoms with van der Waals surface area (Å²) in [6, 6.07) is 17.2. The van der Waals surface area contributed by atoms with Crippen LogP contribution >= 0.6 is 11.6 Å². The van der Waals surface area contributed by atoms with Crippen molar-refractivity contribution in [3.63, 3.8) is 0 Å². The third kappa shape index (κ3) is 3.75. The minimum Gasteiger partial charge on any atom is -0.277 e. The predicted octanol–water partition coefficient (Wildman–Crippen LogP) is 4.42. The zero-order valence-corrected chi connectivity index (χ0v) is 13.9. The van der Waals surface area contributed by atoms with E-state index in [4.69, 9.17) is 11.6 Å². The molecule has 6 heteroatoms. The number of hydrogen-bond donors (Lipinski definition) is 1. The first-order valence-electron chi connectivity index (χ1n) is 7.60. The summed E-state index contributed by atoms with van der Waals surface area (Å²) < 4.78 is 0. The summed E-state index contributed by atoms with van der Waals surface area (Å²) in [6.07, 6.45) is 2.31. The van der Waals surface area contributed by atoms with Gasteiger partial charge < -0.3 is 0 Å². The van der Waals surface area contributed by atoms with Gasteiger partial charge in [0, 0.05) is 5.56 Å². The normalized spacial score (nSPS) is 11.3. The van der Waals surface area contributed by atoms with Crippen LogP contribution in [0.15, 0.2) is 65.9 Å². The largest absolute Gasteiger partial charge is 0.277 e. The van der Waals surface area contributed by atoms with Crippen LogP contribution in [0.1, 0.15) is 19.0 Å². The van der Waals surface area contributed by atoms with Crippen LogP contribution in [0.25, 0.3) is 11.4 Å². The van der Waals surface area contributed by atoms with Gasteiger partial charge in [-0.05, 0) is 18.6 Å². The third-order valence-corrected chi connectivity index (χ3v) is 3.74. The number of rotatable bonds is 5. The van der Waals surface area contributed by atoms with E-state index in [-0.39, 0.29) is 0 Å². The van der Waals surface area contributed by atoms with Gasteiger partial charge in [-0.3, -0.25) is 5.43 Å². The quantitative estimate of drug-likeness (QED) is 0.553. The second-order valence-corrected chi connectivity index (χ2v) is 5.44. The molecular weight excluding hydrogens is 322 g/mol. The Labute approximate surface area is 145 Å². The molecule has 120 valence electrons. The molecule has 0 aliphatic rings. The summed E-state index contributed by atoms with van der Waals surface area (Å²) in [5.74, 6) is 0.576. The topological polar surface area (TPSA) is 63.1 Å². The van der Waals surface area contributed by atoms with Crippen LogP contribution in [0.5, 0.6) is 0 Å². The lowest BCUT2D eigenvalue weighted by molar-refractivity contribution is 0.966. The first kappa shape index (κ1) is 16.1. The fourth-order valence-electron chi connectivity index (χ4n) is 2.15. The lowest BCUT2D eigenvalue weighted by Crippen LogP contribution is -2.08. The summed E-state index contributed by atoms with van der Waals surface area (Å²) in [6.45, 7) is 2.01. The van der Waals surface area contributed by atoms with E-state index in [1.54, 1.807) is 6.20 Å². The number of nitrogens with one attached hydrogen (secondary N) is 1. The van der Waals surface area contributed by atoms with Gasteiger partial charge in [-0.25, -0.2) is 4.98 Å². The van der Waals surface area contributed by atoms with Crippen LogP contribution in [0.3, 0.4) is 0 Å². The van der Waals surface area contributed by atoms with Crippen molar-refractivity contribution in [2.24, 2.45) is 5.10 Å². The number of benzene rings is 2. The molecule has 0 aliphatic carbocycles. The Morgan fingerprint density at radius 2 is 1.83 bits per heavy atom. The first-order valence-corrected chi connectivity index (χ1v) is 7.98. The Hall–Kier alpha value is -2.79. The molecule has 24 heavy (non-hydrogen) atoms. The van der Waals surface area contributed by atoms with Gasteiger partial charge in [0.2, 0.25) is 0 Å². The molecule has 5 nitrogen and oxygen atoms in total. The van der Waals surface area contributed by atoms with Gasteiger partial charge in [-0.1, -0.05) is 61.0 Å². The van der Waals surface area contributed by atoms with Crippen LogP contribution in [-0.4, -0.2) is 20.9 Å². The molecule has 1 heterocycles. The van der Waals surface area contributed by atoms with Gasteiger partial charge in [0.1, 0.15) is 5.69 Å². The number of halogens is 1. The van der Waals surface area contributed by atoms with Crippen LogP contribution in [0.4, 0.5) is 5.69 Å². The van der Waals surface area contributed by atoms with Crippen molar-refractivity contribution in [3.8, 4) is 11.4 Å². The van der Waals surface area contributed by atoms with Crippen molar-refractivity contribution in [2.45, 2.75) is 13.3 Å². The molecule has 0 atom stereocenters. The average Bonchev–Trinajstić information content (AvgIpc) is 2.65. The van der Waals surface area contributed by atoms with E-state index in [0.717, 1.165) is 17.0 Å². The molecule has 1 N–H and O–H groups in total. The molecule has 0 amide bonds. The minimum absolute atomic E-state index is 0.576. The summed E-state index contributed by atoms with van der Waals surface area (Å²) in [5.41, 5.74) is 6.12. The smallest absolute Gasteiger partial charge is 0.182 e.